The van der Waals surface area contributed by atoms with Crippen molar-refractivity contribution >= 4 is 12.4 Å². The maximum Gasteiger partial charge on any atom is 0.405 e. The van der Waals surface area contributed by atoms with E-state index in [1.54, 1.807) is 6.20 Å². The van der Waals surface area contributed by atoms with Crippen molar-refractivity contribution < 1.29 is 19.4 Å². The fourth-order valence-electron chi connectivity index (χ4n) is 3.64. The molecule has 1 heterocycles. The van der Waals surface area contributed by atoms with Crippen LogP contribution in [-0.2, 0) is 22.9 Å². The van der Waals surface area contributed by atoms with Crippen molar-refractivity contribution in [3.8, 4) is 11.3 Å². The first-order valence-electron chi connectivity index (χ1n) is 10.8. The molecule has 0 radical (unpaired) electrons. The standard InChI is InChI=1S/C25H29N3O4/c29-16-10-2-1-9-15-22(27-25(30)31)24-26-17-23(21-13-7-4-8-14-21)28(24)19-32-18-20-11-5-3-6-12-20/h3-8,11-14,16-17,22,27H,1-2,9-10,15,18-19H2,(H,30,31)/t22-/m0/s1. The molecule has 0 aliphatic carbocycles. The second-order valence-corrected chi connectivity index (χ2v) is 7.57. The lowest BCUT2D eigenvalue weighted by Crippen LogP contribution is -2.29. The molecule has 0 unspecified atom stereocenters. The normalized spacial score (nSPS) is 11.8. The number of ether oxygens (including phenoxy) is 1. The predicted molar refractivity (Wildman–Crippen MR) is 122 cm³/mol. The van der Waals surface area contributed by atoms with E-state index in [1.807, 2.05) is 65.2 Å². The highest BCUT2D eigenvalue weighted by Gasteiger charge is 2.22. The maximum atomic E-state index is 11.5. The first kappa shape index (κ1) is 23.2. The molecule has 1 aromatic heterocycles. The van der Waals surface area contributed by atoms with Gasteiger partial charge >= 0.3 is 6.09 Å². The highest BCUT2D eigenvalue weighted by atomic mass is 16.5. The minimum absolute atomic E-state index is 0.247. The van der Waals surface area contributed by atoms with Gasteiger partial charge in [0.05, 0.1) is 24.5 Å². The number of benzene rings is 2. The van der Waals surface area contributed by atoms with Gasteiger partial charge in [0.25, 0.3) is 0 Å². The van der Waals surface area contributed by atoms with Crippen LogP contribution in [0.5, 0.6) is 0 Å². The Morgan fingerprint density at radius 2 is 1.78 bits per heavy atom. The summed E-state index contributed by atoms with van der Waals surface area (Å²) in [5, 5.41) is 12.0. The number of carboxylic acid groups (broad SMARTS) is 1. The fraction of sp³-hybridized carbons (Fsp3) is 0.320. The Bertz CT molecular complexity index is 973. The predicted octanol–water partition coefficient (Wildman–Crippen LogP) is 5.18. The zero-order valence-corrected chi connectivity index (χ0v) is 18.0. The second kappa shape index (κ2) is 12.4. The van der Waals surface area contributed by atoms with E-state index in [1.165, 1.54) is 0 Å². The highest BCUT2D eigenvalue weighted by molar-refractivity contribution is 5.65. The number of imidazole rings is 1. The van der Waals surface area contributed by atoms with Gasteiger partial charge < -0.3 is 24.5 Å². The van der Waals surface area contributed by atoms with E-state index in [0.29, 0.717) is 25.3 Å². The number of aldehydes is 1. The van der Waals surface area contributed by atoms with Gasteiger partial charge in [0.15, 0.2) is 0 Å². The van der Waals surface area contributed by atoms with Crippen molar-refractivity contribution in [2.45, 2.75) is 51.5 Å². The molecule has 168 valence electrons. The Morgan fingerprint density at radius 1 is 1.06 bits per heavy atom. The molecule has 3 rings (SSSR count). The van der Waals surface area contributed by atoms with Gasteiger partial charge in [-0.15, -0.1) is 0 Å². The molecule has 2 aromatic carbocycles. The van der Waals surface area contributed by atoms with Crippen molar-refractivity contribution in [2.75, 3.05) is 0 Å². The second-order valence-electron chi connectivity index (χ2n) is 7.57. The fourth-order valence-corrected chi connectivity index (χ4v) is 3.64. The van der Waals surface area contributed by atoms with Crippen LogP contribution in [-0.4, -0.2) is 27.0 Å². The highest BCUT2D eigenvalue weighted by Crippen LogP contribution is 2.27. The summed E-state index contributed by atoms with van der Waals surface area (Å²) in [7, 11) is 0. The van der Waals surface area contributed by atoms with Crippen LogP contribution >= 0.6 is 0 Å². The lowest BCUT2D eigenvalue weighted by Gasteiger charge is -2.20. The molecule has 0 fully saturated rings. The summed E-state index contributed by atoms with van der Waals surface area (Å²) in [5.41, 5.74) is 2.91. The van der Waals surface area contributed by atoms with E-state index >= 15 is 0 Å². The number of hydrogen-bond donors (Lipinski definition) is 2. The number of amides is 1. The van der Waals surface area contributed by atoms with E-state index in [4.69, 9.17) is 4.74 Å². The van der Waals surface area contributed by atoms with Crippen LogP contribution in [0.4, 0.5) is 4.79 Å². The molecule has 0 bridgehead atoms. The van der Waals surface area contributed by atoms with Crippen LogP contribution in [0.3, 0.4) is 0 Å². The van der Waals surface area contributed by atoms with Gasteiger partial charge in [0, 0.05) is 6.42 Å². The minimum Gasteiger partial charge on any atom is -0.465 e. The Morgan fingerprint density at radius 3 is 2.47 bits per heavy atom. The van der Waals surface area contributed by atoms with E-state index < -0.39 is 12.1 Å². The third-order valence-corrected chi connectivity index (χ3v) is 5.21. The van der Waals surface area contributed by atoms with Crippen LogP contribution in [0.15, 0.2) is 66.9 Å². The third kappa shape index (κ3) is 6.78. The summed E-state index contributed by atoms with van der Waals surface area (Å²) in [5.74, 6) is 0.620. The summed E-state index contributed by atoms with van der Waals surface area (Å²) in [6.07, 6.45) is 5.14. The zero-order chi connectivity index (χ0) is 22.6. The number of carbonyl (C=O) groups is 2. The summed E-state index contributed by atoms with van der Waals surface area (Å²) in [4.78, 5) is 26.6. The van der Waals surface area contributed by atoms with Crippen LogP contribution in [0.1, 0.15) is 49.5 Å². The Labute approximate surface area is 188 Å². The molecule has 0 saturated carbocycles. The molecular weight excluding hydrogens is 406 g/mol. The molecule has 0 spiro atoms. The number of unbranched alkanes of at least 4 members (excludes halogenated alkanes) is 3. The molecule has 7 nitrogen and oxygen atoms in total. The largest absolute Gasteiger partial charge is 0.465 e. The zero-order valence-electron chi connectivity index (χ0n) is 18.0. The molecule has 0 aliphatic heterocycles. The summed E-state index contributed by atoms with van der Waals surface area (Å²) in [6, 6.07) is 19.3. The number of carbonyl (C=O) groups excluding carboxylic acids is 1. The monoisotopic (exact) mass is 435 g/mol. The summed E-state index contributed by atoms with van der Waals surface area (Å²) >= 11 is 0. The molecule has 3 aromatic rings. The Balaban J connectivity index is 1.82. The van der Waals surface area contributed by atoms with Crippen molar-refractivity contribution in [2.24, 2.45) is 0 Å². The van der Waals surface area contributed by atoms with Crippen molar-refractivity contribution in [3.05, 3.63) is 78.2 Å². The van der Waals surface area contributed by atoms with Crippen molar-refractivity contribution in [1.82, 2.24) is 14.9 Å². The van der Waals surface area contributed by atoms with Crippen molar-refractivity contribution in [1.29, 1.82) is 0 Å². The van der Waals surface area contributed by atoms with Crippen LogP contribution in [0.2, 0.25) is 0 Å². The van der Waals surface area contributed by atoms with Gasteiger partial charge in [-0.1, -0.05) is 73.5 Å². The Kier molecular flexibility index (Phi) is 9.01. The average molecular weight is 436 g/mol. The van der Waals surface area contributed by atoms with E-state index in [0.717, 1.165) is 42.4 Å². The van der Waals surface area contributed by atoms with Gasteiger partial charge in [-0.25, -0.2) is 9.78 Å². The van der Waals surface area contributed by atoms with Crippen LogP contribution < -0.4 is 5.32 Å². The molecule has 2 N–H and O–H groups in total. The summed E-state index contributed by atoms with van der Waals surface area (Å²) in [6.45, 7) is 0.687. The van der Waals surface area contributed by atoms with Gasteiger partial charge in [-0.3, -0.25) is 0 Å². The number of rotatable bonds is 13. The Hall–Kier alpha value is -3.45. The van der Waals surface area contributed by atoms with E-state index in [-0.39, 0.29) is 6.73 Å². The maximum absolute atomic E-state index is 11.5. The van der Waals surface area contributed by atoms with Crippen molar-refractivity contribution in [3.63, 3.8) is 0 Å². The topological polar surface area (TPSA) is 93.5 Å². The van der Waals surface area contributed by atoms with Gasteiger partial charge in [0.1, 0.15) is 18.8 Å². The molecule has 0 aliphatic rings. The molecular formula is C25H29N3O4. The average Bonchev–Trinajstić information content (AvgIpc) is 3.23. The smallest absolute Gasteiger partial charge is 0.405 e. The SMILES string of the molecule is O=CCCCCC[C@H](NC(=O)O)c1ncc(-c2ccccc2)n1COCc1ccccc1. The van der Waals surface area contributed by atoms with Crippen LogP contribution in [0, 0.1) is 0 Å². The molecule has 1 amide bonds. The van der Waals surface area contributed by atoms with E-state index in [2.05, 4.69) is 10.3 Å². The molecule has 7 heteroatoms. The molecule has 0 saturated heterocycles. The van der Waals surface area contributed by atoms with Gasteiger partial charge in [-0.2, -0.15) is 0 Å². The number of nitrogens with one attached hydrogen (secondary N) is 1. The lowest BCUT2D eigenvalue weighted by atomic mass is 10.1. The summed E-state index contributed by atoms with van der Waals surface area (Å²) < 4.78 is 7.92. The lowest BCUT2D eigenvalue weighted by molar-refractivity contribution is -0.107. The van der Waals surface area contributed by atoms with Crippen LogP contribution in [0.25, 0.3) is 11.3 Å². The number of nitrogens with zero attached hydrogens (tertiary/aromatic N) is 2. The third-order valence-electron chi connectivity index (χ3n) is 5.21. The first-order chi connectivity index (χ1) is 15.7. The van der Waals surface area contributed by atoms with Gasteiger partial charge in [-0.05, 0) is 24.0 Å². The number of hydrogen-bond acceptors (Lipinski definition) is 4. The minimum atomic E-state index is -1.09. The quantitative estimate of drug-likeness (QED) is 0.285. The molecule has 1 atom stereocenters. The molecule has 32 heavy (non-hydrogen) atoms. The van der Waals surface area contributed by atoms with Gasteiger partial charge in [0.2, 0.25) is 0 Å². The first-order valence-corrected chi connectivity index (χ1v) is 10.8. The number of aromatic nitrogens is 2. The van der Waals surface area contributed by atoms with E-state index in [9.17, 15) is 14.7 Å².